The van der Waals surface area contributed by atoms with Crippen LogP contribution in [0.15, 0.2) is 59.1 Å². The van der Waals surface area contributed by atoms with E-state index in [-0.39, 0.29) is 11.9 Å². The van der Waals surface area contributed by atoms with Crippen LogP contribution < -0.4 is 4.74 Å². The van der Waals surface area contributed by atoms with Crippen molar-refractivity contribution >= 4 is 0 Å². The van der Waals surface area contributed by atoms with Crippen LogP contribution in [0.5, 0.6) is 5.75 Å². The molecule has 1 fully saturated rings. The quantitative estimate of drug-likeness (QED) is 0.581. The summed E-state index contributed by atoms with van der Waals surface area (Å²) < 4.78 is 31.2. The maximum Gasteiger partial charge on any atom is 0.209 e. The Morgan fingerprint density at radius 3 is 2.66 bits per heavy atom. The molecule has 152 valence electrons. The highest BCUT2D eigenvalue weighted by Crippen LogP contribution is 2.25. The van der Waals surface area contributed by atoms with E-state index in [4.69, 9.17) is 13.9 Å². The van der Waals surface area contributed by atoms with Gasteiger partial charge in [-0.3, -0.25) is 4.90 Å². The van der Waals surface area contributed by atoms with Gasteiger partial charge >= 0.3 is 0 Å². The Hall–Kier alpha value is -2.70. The van der Waals surface area contributed by atoms with Crippen LogP contribution in [-0.2, 0) is 17.9 Å². The molecule has 0 saturated carbocycles. The van der Waals surface area contributed by atoms with Crippen LogP contribution in [0.1, 0.15) is 24.3 Å². The maximum atomic E-state index is 13.9. The number of piperidine rings is 1. The average molecular weight is 396 g/mol. The smallest absolute Gasteiger partial charge is 0.209 e. The van der Waals surface area contributed by atoms with Gasteiger partial charge in [-0.05, 0) is 31.0 Å². The number of halogens is 1. The minimum atomic E-state index is -0.303. The molecule has 5 nitrogen and oxygen atoms in total. The zero-order valence-electron chi connectivity index (χ0n) is 16.5. The van der Waals surface area contributed by atoms with Gasteiger partial charge in [0.1, 0.15) is 11.6 Å². The largest absolute Gasteiger partial charge is 0.496 e. The Labute approximate surface area is 170 Å². The van der Waals surface area contributed by atoms with Crippen LogP contribution in [0.4, 0.5) is 4.39 Å². The van der Waals surface area contributed by atoms with Crippen LogP contribution in [0.2, 0.25) is 0 Å². The van der Waals surface area contributed by atoms with Crippen molar-refractivity contribution in [2.75, 3.05) is 20.2 Å². The van der Waals surface area contributed by atoms with E-state index in [1.165, 1.54) is 6.07 Å². The molecule has 1 aromatic heterocycles. The van der Waals surface area contributed by atoms with Crippen LogP contribution >= 0.6 is 0 Å². The third-order valence-corrected chi connectivity index (χ3v) is 5.25. The fourth-order valence-corrected chi connectivity index (χ4v) is 3.62. The molecule has 0 aliphatic carbocycles. The monoisotopic (exact) mass is 396 g/mol. The summed E-state index contributed by atoms with van der Waals surface area (Å²) >= 11 is 0. The van der Waals surface area contributed by atoms with Gasteiger partial charge in [-0.2, -0.15) is 0 Å². The Kier molecular flexibility index (Phi) is 6.22. The Morgan fingerprint density at radius 2 is 1.86 bits per heavy atom. The summed E-state index contributed by atoms with van der Waals surface area (Å²) in [5.74, 6) is 1.63. The highest BCUT2D eigenvalue weighted by Gasteiger charge is 2.22. The molecular formula is C23H25FN2O3. The molecule has 4 rings (SSSR count). The number of ether oxygens (including phenoxy) is 2. The predicted octanol–water partition coefficient (Wildman–Crippen LogP) is 4.67. The molecule has 1 aliphatic heterocycles. The van der Waals surface area contributed by atoms with Crippen LogP contribution in [-0.4, -0.2) is 36.2 Å². The molecule has 1 saturated heterocycles. The second kappa shape index (κ2) is 9.20. The lowest BCUT2D eigenvalue weighted by atomic mass is 10.1. The summed E-state index contributed by atoms with van der Waals surface area (Å²) in [6.45, 7) is 3.00. The summed E-state index contributed by atoms with van der Waals surface area (Å²) in [4.78, 5) is 6.61. The van der Waals surface area contributed by atoms with Gasteiger partial charge in [0.2, 0.25) is 5.89 Å². The lowest BCUT2D eigenvalue weighted by molar-refractivity contribution is -0.00586. The maximum absolute atomic E-state index is 13.9. The second-order valence-electron chi connectivity index (χ2n) is 7.20. The van der Waals surface area contributed by atoms with E-state index in [2.05, 4.69) is 9.88 Å². The third-order valence-electron chi connectivity index (χ3n) is 5.25. The first-order valence-corrected chi connectivity index (χ1v) is 9.88. The van der Waals surface area contributed by atoms with Gasteiger partial charge in [0, 0.05) is 18.7 Å². The Morgan fingerprint density at radius 1 is 1.10 bits per heavy atom. The van der Waals surface area contributed by atoms with Gasteiger partial charge in [0.15, 0.2) is 5.76 Å². The summed E-state index contributed by atoms with van der Waals surface area (Å²) in [5.41, 5.74) is 1.51. The van der Waals surface area contributed by atoms with E-state index in [1.54, 1.807) is 31.5 Å². The Balaban J connectivity index is 1.27. The number of likely N-dealkylation sites (tertiary alicyclic amines) is 1. The van der Waals surface area contributed by atoms with Crippen LogP contribution in [0.3, 0.4) is 0 Å². The lowest BCUT2D eigenvalue weighted by Gasteiger charge is -2.31. The molecule has 0 N–H and O–H groups in total. The average Bonchev–Trinajstić information content (AvgIpc) is 3.22. The van der Waals surface area contributed by atoms with Crippen molar-refractivity contribution in [2.45, 2.75) is 32.1 Å². The zero-order valence-corrected chi connectivity index (χ0v) is 16.5. The fraction of sp³-hybridized carbons (Fsp3) is 0.348. The van der Waals surface area contributed by atoms with Gasteiger partial charge < -0.3 is 13.9 Å². The van der Waals surface area contributed by atoms with Crippen LogP contribution in [0.25, 0.3) is 11.3 Å². The number of hydrogen-bond donors (Lipinski definition) is 0. The molecule has 0 radical (unpaired) electrons. The molecule has 1 aliphatic rings. The van der Waals surface area contributed by atoms with E-state index in [9.17, 15) is 4.39 Å². The summed E-state index contributed by atoms with van der Waals surface area (Å²) in [5, 5.41) is 0. The zero-order chi connectivity index (χ0) is 20.1. The molecule has 3 aromatic rings. The van der Waals surface area contributed by atoms with Crippen molar-refractivity contribution in [3.8, 4) is 17.1 Å². The number of hydrogen-bond acceptors (Lipinski definition) is 5. The topological polar surface area (TPSA) is 47.7 Å². The molecule has 0 bridgehead atoms. The number of benzene rings is 2. The number of methoxy groups -OCH3 is 1. The number of rotatable bonds is 7. The van der Waals surface area contributed by atoms with Gasteiger partial charge in [-0.25, -0.2) is 9.37 Å². The van der Waals surface area contributed by atoms with Crippen molar-refractivity contribution in [1.29, 1.82) is 0 Å². The SMILES string of the molecule is COc1ccccc1COC1CCN(Cc2ncc(-c3ccccc3F)o2)CC1. The number of aromatic nitrogens is 1. The summed E-state index contributed by atoms with van der Waals surface area (Å²) in [7, 11) is 1.68. The first-order valence-electron chi connectivity index (χ1n) is 9.88. The number of para-hydroxylation sites is 1. The Bertz CT molecular complexity index is 935. The normalized spacial score (nSPS) is 15.5. The van der Waals surface area contributed by atoms with E-state index < -0.39 is 0 Å². The minimum Gasteiger partial charge on any atom is -0.496 e. The molecule has 0 unspecified atom stereocenters. The summed E-state index contributed by atoms with van der Waals surface area (Å²) in [6.07, 6.45) is 3.73. The predicted molar refractivity (Wildman–Crippen MR) is 108 cm³/mol. The third kappa shape index (κ3) is 4.83. The van der Waals surface area contributed by atoms with E-state index in [0.29, 0.717) is 30.4 Å². The second-order valence-corrected chi connectivity index (χ2v) is 7.20. The van der Waals surface area contributed by atoms with Crippen molar-refractivity contribution in [2.24, 2.45) is 0 Å². The molecule has 0 atom stereocenters. The van der Waals surface area contributed by atoms with Crippen molar-refractivity contribution in [3.63, 3.8) is 0 Å². The molecule has 2 heterocycles. The highest BCUT2D eigenvalue weighted by atomic mass is 19.1. The van der Waals surface area contributed by atoms with Gasteiger partial charge in [0.05, 0.1) is 38.1 Å². The van der Waals surface area contributed by atoms with Crippen LogP contribution in [0, 0.1) is 5.82 Å². The molecule has 6 heteroatoms. The van der Waals surface area contributed by atoms with E-state index in [0.717, 1.165) is 37.2 Å². The summed E-state index contributed by atoms with van der Waals surface area (Å²) in [6, 6.07) is 14.5. The minimum absolute atomic E-state index is 0.231. The fourth-order valence-electron chi connectivity index (χ4n) is 3.62. The van der Waals surface area contributed by atoms with E-state index >= 15 is 0 Å². The first kappa shape index (κ1) is 19.6. The molecule has 0 spiro atoms. The van der Waals surface area contributed by atoms with Crippen molar-refractivity contribution in [3.05, 3.63) is 72.0 Å². The van der Waals surface area contributed by atoms with Crippen molar-refractivity contribution < 1.29 is 18.3 Å². The lowest BCUT2D eigenvalue weighted by Crippen LogP contribution is -2.36. The number of nitrogens with zero attached hydrogens (tertiary/aromatic N) is 2. The standard InChI is InChI=1S/C23H25FN2O3/c1-27-21-9-5-2-6-17(21)16-28-18-10-12-26(13-11-18)15-23-25-14-22(29-23)19-7-3-4-8-20(19)24/h2-9,14,18H,10-13,15-16H2,1H3. The first-order chi connectivity index (χ1) is 14.2. The van der Waals surface area contributed by atoms with Crippen molar-refractivity contribution in [1.82, 2.24) is 9.88 Å². The van der Waals surface area contributed by atoms with Gasteiger partial charge in [-0.15, -0.1) is 0 Å². The molecule has 29 heavy (non-hydrogen) atoms. The highest BCUT2D eigenvalue weighted by molar-refractivity contribution is 5.56. The molecular weight excluding hydrogens is 371 g/mol. The molecule has 2 aromatic carbocycles. The number of oxazole rings is 1. The van der Waals surface area contributed by atoms with Gasteiger partial charge in [-0.1, -0.05) is 30.3 Å². The van der Waals surface area contributed by atoms with Gasteiger partial charge in [0.25, 0.3) is 0 Å². The molecule has 0 amide bonds. The van der Waals surface area contributed by atoms with E-state index in [1.807, 2.05) is 24.3 Å².